The van der Waals surface area contributed by atoms with Gasteiger partial charge in [0.25, 0.3) is 0 Å². The van der Waals surface area contributed by atoms with Gasteiger partial charge in [-0.3, -0.25) is 5.10 Å². The van der Waals surface area contributed by atoms with Crippen molar-refractivity contribution in [3.05, 3.63) is 36.9 Å². The Bertz CT molecular complexity index is 518. The van der Waals surface area contributed by atoms with Crippen LogP contribution in [0, 0.1) is 0 Å². The molecule has 0 fully saturated rings. The Labute approximate surface area is 79.4 Å². The van der Waals surface area contributed by atoms with E-state index in [2.05, 4.69) is 20.3 Å². The molecule has 0 unspecified atom stereocenters. The van der Waals surface area contributed by atoms with Crippen molar-refractivity contribution < 1.29 is 0 Å². The summed E-state index contributed by atoms with van der Waals surface area (Å²) in [5.74, 6) is 0. The largest absolute Gasteiger partial charge is 0.285 e. The maximum atomic E-state index is 4.35. The number of nitrogens with zero attached hydrogens (tertiary/aromatic N) is 4. The third-order valence-corrected chi connectivity index (χ3v) is 2.03. The van der Waals surface area contributed by atoms with Gasteiger partial charge >= 0.3 is 0 Å². The molecule has 5 nitrogen and oxygen atoms in total. The third kappa shape index (κ3) is 0.990. The van der Waals surface area contributed by atoms with E-state index in [4.69, 9.17) is 0 Å². The number of hydrogen-bond acceptors (Lipinski definition) is 3. The Morgan fingerprint density at radius 3 is 3.14 bits per heavy atom. The zero-order valence-corrected chi connectivity index (χ0v) is 7.25. The van der Waals surface area contributed by atoms with Crippen LogP contribution in [-0.4, -0.2) is 24.8 Å². The maximum absolute atomic E-state index is 4.35. The molecule has 0 aliphatic carbocycles. The number of H-pyrrole nitrogens is 1. The van der Waals surface area contributed by atoms with Crippen molar-refractivity contribution in [3.63, 3.8) is 0 Å². The molecule has 0 bridgehead atoms. The molecule has 1 N–H and O–H groups in total. The quantitative estimate of drug-likeness (QED) is 0.618. The molecule has 0 aliphatic rings. The topological polar surface area (TPSA) is 58.9 Å². The van der Waals surface area contributed by atoms with Crippen LogP contribution in [0.2, 0.25) is 0 Å². The fourth-order valence-electron chi connectivity index (χ4n) is 1.36. The van der Waals surface area contributed by atoms with Crippen molar-refractivity contribution >= 4 is 5.65 Å². The molecule has 68 valence electrons. The zero-order valence-electron chi connectivity index (χ0n) is 7.25. The molecule has 0 radical (unpaired) electrons. The van der Waals surface area contributed by atoms with Gasteiger partial charge in [0.1, 0.15) is 0 Å². The average molecular weight is 185 g/mol. The standard InChI is InChI=1S/C9H7N5/c1-2-10-9-4-8(13-14(9)3-1)7-5-11-12-6-7/h1-6H,(H,11,12). The van der Waals surface area contributed by atoms with Crippen LogP contribution >= 0.6 is 0 Å². The highest BCUT2D eigenvalue weighted by molar-refractivity contribution is 5.62. The highest BCUT2D eigenvalue weighted by Gasteiger charge is 2.04. The highest BCUT2D eigenvalue weighted by Crippen LogP contribution is 2.16. The van der Waals surface area contributed by atoms with Crippen molar-refractivity contribution in [2.75, 3.05) is 0 Å². The summed E-state index contributed by atoms with van der Waals surface area (Å²) in [6, 6.07) is 3.77. The Hall–Kier alpha value is -2.17. The van der Waals surface area contributed by atoms with Gasteiger partial charge in [0.2, 0.25) is 0 Å². The van der Waals surface area contributed by atoms with E-state index in [9.17, 15) is 0 Å². The van der Waals surface area contributed by atoms with Gasteiger partial charge in [0.15, 0.2) is 5.65 Å². The van der Waals surface area contributed by atoms with Crippen molar-refractivity contribution in [2.45, 2.75) is 0 Å². The van der Waals surface area contributed by atoms with E-state index in [1.807, 2.05) is 24.5 Å². The lowest BCUT2D eigenvalue weighted by Crippen LogP contribution is -1.86. The monoisotopic (exact) mass is 185 g/mol. The summed E-state index contributed by atoms with van der Waals surface area (Å²) in [7, 11) is 0. The van der Waals surface area contributed by atoms with Gasteiger partial charge in [0, 0.05) is 30.2 Å². The number of rotatable bonds is 1. The summed E-state index contributed by atoms with van der Waals surface area (Å²) in [6.07, 6.45) is 7.16. The van der Waals surface area contributed by atoms with Gasteiger partial charge in [-0.15, -0.1) is 0 Å². The van der Waals surface area contributed by atoms with Crippen LogP contribution in [0.5, 0.6) is 0 Å². The highest BCUT2D eigenvalue weighted by atomic mass is 15.2. The minimum Gasteiger partial charge on any atom is -0.285 e. The second kappa shape index (κ2) is 2.66. The molecule has 0 aliphatic heterocycles. The smallest absolute Gasteiger partial charge is 0.155 e. The molecule has 3 heterocycles. The molecule has 3 aromatic heterocycles. The van der Waals surface area contributed by atoms with E-state index in [-0.39, 0.29) is 0 Å². The number of fused-ring (bicyclic) bond motifs is 1. The summed E-state index contributed by atoms with van der Waals surface area (Å²) in [4.78, 5) is 4.18. The van der Waals surface area contributed by atoms with E-state index in [1.165, 1.54) is 0 Å². The Kier molecular flexibility index (Phi) is 1.38. The predicted octanol–water partition coefficient (Wildman–Crippen LogP) is 1.12. The summed E-state index contributed by atoms with van der Waals surface area (Å²) in [6.45, 7) is 0. The van der Waals surface area contributed by atoms with E-state index in [0.717, 1.165) is 16.9 Å². The molecule has 0 aromatic carbocycles. The van der Waals surface area contributed by atoms with Gasteiger partial charge in [0.05, 0.1) is 11.9 Å². The summed E-state index contributed by atoms with van der Waals surface area (Å²) in [5.41, 5.74) is 2.68. The molecule has 0 atom stereocenters. The van der Waals surface area contributed by atoms with Crippen LogP contribution in [0.1, 0.15) is 0 Å². The van der Waals surface area contributed by atoms with Crippen LogP contribution in [0.25, 0.3) is 16.9 Å². The van der Waals surface area contributed by atoms with Crippen molar-refractivity contribution in [3.8, 4) is 11.3 Å². The second-order valence-electron chi connectivity index (χ2n) is 2.94. The first-order valence-corrected chi connectivity index (χ1v) is 4.23. The van der Waals surface area contributed by atoms with Crippen molar-refractivity contribution in [1.82, 2.24) is 24.8 Å². The molecule has 14 heavy (non-hydrogen) atoms. The number of aromatic amines is 1. The molecule has 3 rings (SSSR count). The summed E-state index contributed by atoms with van der Waals surface area (Å²) < 4.78 is 1.74. The molecule has 0 amide bonds. The Morgan fingerprint density at radius 2 is 2.36 bits per heavy atom. The normalized spacial score (nSPS) is 10.9. The first kappa shape index (κ1) is 7.25. The van der Waals surface area contributed by atoms with Crippen molar-refractivity contribution in [2.24, 2.45) is 0 Å². The third-order valence-electron chi connectivity index (χ3n) is 2.03. The lowest BCUT2D eigenvalue weighted by molar-refractivity contribution is 0.943. The van der Waals surface area contributed by atoms with Crippen LogP contribution in [0.15, 0.2) is 36.9 Å². The maximum Gasteiger partial charge on any atom is 0.155 e. The molecule has 0 saturated carbocycles. The van der Waals surface area contributed by atoms with Gasteiger partial charge < -0.3 is 0 Å². The first-order valence-electron chi connectivity index (χ1n) is 4.23. The number of nitrogens with one attached hydrogen (secondary N) is 1. The van der Waals surface area contributed by atoms with E-state index in [0.29, 0.717) is 0 Å². The fraction of sp³-hybridized carbons (Fsp3) is 0. The van der Waals surface area contributed by atoms with Crippen LogP contribution in [0.4, 0.5) is 0 Å². The zero-order chi connectivity index (χ0) is 9.38. The molecular weight excluding hydrogens is 178 g/mol. The van der Waals surface area contributed by atoms with Crippen LogP contribution in [-0.2, 0) is 0 Å². The van der Waals surface area contributed by atoms with Gasteiger partial charge in [-0.2, -0.15) is 10.2 Å². The van der Waals surface area contributed by atoms with E-state index in [1.54, 1.807) is 16.9 Å². The average Bonchev–Trinajstić information content (AvgIpc) is 2.86. The molecule has 0 saturated heterocycles. The van der Waals surface area contributed by atoms with E-state index >= 15 is 0 Å². The van der Waals surface area contributed by atoms with Gasteiger partial charge in [-0.25, -0.2) is 9.50 Å². The number of hydrogen-bond donors (Lipinski definition) is 1. The van der Waals surface area contributed by atoms with Crippen molar-refractivity contribution in [1.29, 1.82) is 0 Å². The van der Waals surface area contributed by atoms with E-state index < -0.39 is 0 Å². The fourth-order valence-corrected chi connectivity index (χ4v) is 1.36. The molecule has 0 spiro atoms. The van der Waals surface area contributed by atoms with Gasteiger partial charge in [-0.1, -0.05) is 0 Å². The first-order chi connectivity index (χ1) is 6.93. The molecular formula is C9H7N5. The lowest BCUT2D eigenvalue weighted by Gasteiger charge is -1.87. The van der Waals surface area contributed by atoms with Crippen LogP contribution in [0.3, 0.4) is 0 Å². The Balaban J connectivity index is 2.24. The number of aromatic nitrogens is 5. The molecule has 5 heteroatoms. The summed E-state index contributed by atoms with van der Waals surface area (Å²) in [5, 5.41) is 11.0. The van der Waals surface area contributed by atoms with Crippen LogP contribution < -0.4 is 0 Å². The van der Waals surface area contributed by atoms with Gasteiger partial charge in [-0.05, 0) is 6.07 Å². The SMILES string of the molecule is c1cnc2cc(-c3cn[nH]c3)nn2c1. The predicted molar refractivity (Wildman–Crippen MR) is 50.6 cm³/mol. The Morgan fingerprint density at radius 1 is 1.36 bits per heavy atom. The summed E-state index contributed by atoms with van der Waals surface area (Å²) >= 11 is 0. The second-order valence-corrected chi connectivity index (χ2v) is 2.94. The lowest BCUT2D eigenvalue weighted by atomic mass is 10.3. The minimum absolute atomic E-state index is 0.837. The molecule has 3 aromatic rings. The minimum atomic E-state index is 0.837.